The van der Waals surface area contributed by atoms with Crippen molar-refractivity contribution < 1.29 is 9.63 Å². The van der Waals surface area contributed by atoms with E-state index >= 15 is 0 Å². The Morgan fingerprint density at radius 3 is 2.82 bits per heavy atom. The molecular formula is C8H15NO2. The lowest BCUT2D eigenvalue weighted by molar-refractivity contribution is -0.127. The smallest absolute Gasteiger partial charge is 0.135 e. The third kappa shape index (κ3) is 2.01. The number of hydrogen-bond donors (Lipinski definition) is 1. The van der Waals surface area contributed by atoms with Crippen LogP contribution in [0.4, 0.5) is 0 Å². The molecule has 1 aliphatic carbocycles. The zero-order valence-electron chi connectivity index (χ0n) is 7.09. The van der Waals surface area contributed by atoms with Gasteiger partial charge in [0.25, 0.3) is 0 Å². The van der Waals surface area contributed by atoms with E-state index in [4.69, 9.17) is 4.84 Å². The Morgan fingerprint density at radius 2 is 2.27 bits per heavy atom. The van der Waals surface area contributed by atoms with E-state index in [0.717, 1.165) is 19.3 Å². The van der Waals surface area contributed by atoms with Crippen LogP contribution < -0.4 is 5.48 Å². The van der Waals surface area contributed by atoms with E-state index in [9.17, 15) is 4.79 Å². The molecule has 0 unspecified atom stereocenters. The normalized spacial score (nSPS) is 30.7. The third-order valence-electron chi connectivity index (χ3n) is 2.24. The van der Waals surface area contributed by atoms with Gasteiger partial charge < -0.3 is 0 Å². The van der Waals surface area contributed by atoms with Crippen LogP contribution in [0.1, 0.15) is 26.2 Å². The first-order valence-electron chi connectivity index (χ1n) is 4.08. The molecule has 0 aromatic rings. The fourth-order valence-corrected chi connectivity index (χ4v) is 1.68. The molecular weight excluding hydrogens is 142 g/mol. The number of nitrogens with one attached hydrogen (secondary N) is 1. The van der Waals surface area contributed by atoms with Gasteiger partial charge in [-0.1, -0.05) is 0 Å². The monoisotopic (exact) mass is 157 g/mol. The fourth-order valence-electron chi connectivity index (χ4n) is 1.68. The summed E-state index contributed by atoms with van der Waals surface area (Å²) in [4.78, 5) is 16.2. The molecule has 64 valence electrons. The van der Waals surface area contributed by atoms with Crippen LogP contribution >= 0.6 is 0 Å². The molecule has 0 amide bonds. The SMILES string of the molecule is CNO[C@@H]1CCC[C@@H]1C(C)=O. The lowest BCUT2D eigenvalue weighted by Crippen LogP contribution is -2.28. The topological polar surface area (TPSA) is 38.3 Å². The van der Waals surface area contributed by atoms with E-state index in [1.54, 1.807) is 14.0 Å². The fraction of sp³-hybridized carbons (Fsp3) is 0.875. The molecule has 0 heterocycles. The second-order valence-corrected chi connectivity index (χ2v) is 3.01. The first-order chi connectivity index (χ1) is 5.25. The van der Waals surface area contributed by atoms with Gasteiger partial charge in [-0.25, -0.2) is 5.48 Å². The van der Waals surface area contributed by atoms with Crippen LogP contribution in [0.25, 0.3) is 0 Å². The maximum absolute atomic E-state index is 11.0. The predicted octanol–water partition coefficient (Wildman–Crippen LogP) is 0.895. The summed E-state index contributed by atoms with van der Waals surface area (Å²) in [5, 5.41) is 0. The van der Waals surface area contributed by atoms with E-state index in [1.807, 2.05) is 0 Å². The Morgan fingerprint density at radius 1 is 1.55 bits per heavy atom. The van der Waals surface area contributed by atoms with Gasteiger partial charge >= 0.3 is 0 Å². The number of hydrogen-bond acceptors (Lipinski definition) is 3. The maximum Gasteiger partial charge on any atom is 0.135 e. The molecule has 0 radical (unpaired) electrons. The summed E-state index contributed by atoms with van der Waals surface area (Å²) in [6.07, 6.45) is 3.21. The van der Waals surface area contributed by atoms with Crippen molar-refractivity contribution in [2.45, 2.75) is 32.3 Å². The zero-order chi connectivity index (χ0) is 8.27. The molecule has 2 atom stereocenters. The quantitative estimate of drug-likeness (QED) is 0.618. The van der Waals surface area contributed by atoms with Crippen LogP contribution in [-0.4, -0.2) is 18.9 Å². The van der Waals surface area contributed by atoms with Crippen molar-refractivity contribution in [2.24, 2.45) is 5.92 Å². The van der Waals surface area contributed by atoms with Gasteiger partial charge in [-0.15, -0.1) is 0 Å². The summed E-state index contributed by atoms with van der Waals surface area (Å²) >= 11 is 0. The predicted molar refractivity (Wildman–Crippen MR) is 42.0 cm³/mol. The highest BCUT2D eigenvalue weighted by molar-refractivity contribution is 5.79. The average molecular weight is 157 g/mol. The standard InChI is InChI=1S/C8H15NO2/c1-6(10)7-4-3-5-8(7)11-9-2/h7-9H,3-5H2,1-2H3/t7-,8-/m1/s1. The van der Waals surface area contributed by atoms with Gasteiger partial charge in [0, 0.05) is 13.0 Å². The molecule has 11 heavy (non-hydrogen) atoms. The van der Waals surface area contributed by atoms with Gasteiger partial charge in [0.2, 0.25) is 0 Å². The lowest BCUT2D eigenvalue weighted by atomic mass is 10.0. The molecule has 0 aromatic heterocycles. The van der Waals surface area contributed by atoms with Gasteiger partial charge in [-0.3, -0.25) is 9.63 Å². The van der Waals surface area contributed by atoms with Crippen molar-refractivity contribution in [1.82, 2.24) is 5.48 Å². The Bertz CT molecular complexity index is 147. The zero-order valence-corrected chi connectivity index (χ0v) is 7.09. The molecule has 0 aliphatic heterocycles. The van der Waals surface area contributed by atoms with Crippen molar-refractivity contribution in [3.8, 4) is 0 Å². The van der Waals surface area contributed by atoms with Crippen LogP contribution in [0, 0.1) is 5.92 Å². The van der Waals surface area contributed by atoms with Crippen LogP contribution in [0.2, 0.25) is 0 Å². The highest BCUT2D eigenvalue weighted by Gasteiger charge is 2.31. The van der Waals surface area contributed by atoms with Gasteiger partial charge in [-0.2, -0.15) is 0 Å². The molecule has 1 rings (SSSR count). The second-order valence-electron chi connectivity index (χ2n) is 3.01. The summed E-state index contributed by atoms with van der Waals surface area (Å²) in [6, 6.07) is 0. The molecule has 1 N–H and O–H groups in total. The van der Waals surface area contributed by atoms with Crippen molar-refractivity contribution in [1.29, 1.82) is 0 Å². The van der Waals surface area contributed by atoms with E-state index < -0.39 is 0 Å². The van der Waals surface area contributed by atoms with Crippen molar-refractivity contribution in [3.63, 3.8) is 0 Å². The first kappa shape index (κ1) is 8.68. The van der Waals surface area contributed by atoms with Gasteiger partial charge in [0.1, 0.15) is 5.78 Å². The first-order valence-corrected chi connectivity index (χ1v) is 4.08. The van der Waals surface area contributed by atoms with Crippen molar-refractivity contribution in [2.75, 3.05) is 7.05 Å². The summed E-state index contributed by atoms with van der Waals surface area (Å²) in [6.45, 7) is 1.64. The molecule has 0 aromatic carbocycles. The molecule has 1 fully saturated rings. The summed E-state index contributed by atoms with van der Waals surface area (Å²) < 4.78 is 0. The second kappa shape index (κ2) is 3.83. The summed E-state index contributed by atoms with van der Waals surface area (Å²) in [5.41, 5.74) is 2.64. The minimum atomic E-state index is 0.109. The number of carbonyl (C=O) groups is 1. The molecule has 1 aliphatic rings. The average Bonchev–Trinajstić information content (AvgIpc) is 2.36. The van der Waals surface area contributed by atoms with E-state index in [2.05, 4.69) is 5.48 Å². The lowest BCUT2D eigenvalue weighted by Gasteiger charge is -2.15. The largest absolute Gasteiger partial charge is 0.300 e. The van der Waals surface area contributed by atoms with E-state index in [-0.39, 0.29) is 17.8 Å². The van der Waals surface area contributed by atoms with Crippen LogP contribution in [0.15, 0.2) is 0 Å². The minimum Gasteiger partial charge on any atom is -0.300 e. The number of carbonyl (C=O) groups excluding carboxylic acids is 1. The highest BCUT2D eigenvalue weighted by atomic mass is 16.7. The molecule has 0 saturated heterocycles. The number of hydroxylamine groups is 1. The summed E-state index contributed by atoms with van der Waals surface area (Å²) in [7, 11) is 1.73. The van der Waals surface area contributed by atoms with Crippen molar-refractivity contribution in [3.05, 3.63) is 0 Å². The molecule has 0 spiro atoms. The third-order valence-corrected chi connectivity index (χ3v) is 2.24. The van der Waals surface area contributed by atoms with Gasteiger partial charge in [0.15, 0.2) is 0 Å². The highest BCUT2D eigenvalue weighted by Crippen LogP contribution is 2.27. The van der Waals surface area contributed by atoms with E-state index in [0.29, 0.717) is 0 Å². The molecule has 3 heteroatoms. The Hall–Kier alpha value is -0.410. The van der Waals surface area contributed by atoms with Gasteiger partial charge in [-0.05, 0) is 26.2 Å². The number of Topliss-reactive ketones (excluding diaryl/α,β-unsaturated/α-hetero) is 1. The summed E-state index contributed by atoms with van der Waals surface area (Å²) in [5.74, 6) is 0.380. The van der Waals surface area contributed by atoms with Gasteiger partial charge in [0.05, 0.1) is 6.10 Å². The molecule has 3 nitrogen and oxygen atoms in total. The van der Waals surface area contributed by atoms with Crippen molar-refractivity contribution >= 4 is 5.78 Å². The molecule has 1 saturated carbocycles. The molecule has 0 bridgehead atoms. The Labute approximate surface area is 67.1 Å². The van der Waals surface area contributed by atoms with Crippen LogP contribution in [0.3, 0.4) is 0 Å². The van der Waals surface area contributed by atoms with Crippen LogP contribution in [0.5, 0.6) is 0 Å². The number of rotatable bonds is 3. The Kier molecular flexibility index (Phi) is 3.02. The minimum absolute atomic E-state index is 0.109. The maximum atomic E-state index is 11.0. The number of ketones is 1. The van der Waals surface area contributed by atoms with Crippen LogP contribution in [-0.2, 0) is 9.63 Å². The Balaban J connectivity index is 2.44. The van der Waals surface area contributed by atoms with E-state index in [1.165, 1.54) is 0 Å².